The van der Waals surface area contributed by atoms with Crippen molar-refractivity contribution in [3.05, 3.63) is 59.4 Å². The zero-order valence-corrected chi connectivity index (χ0v) is 16.4. The van der Waals surface area contributed by atoms with Gasteiger partial charge in [-0.05, 0) is 49.1 Å². The number of aromatic nitrogens is 1. The largest absolute Gasteiger partial charge is 0.383 e. The van der Waals surface area contributed by atoms with E-state index in [1.165, 1.54) is 12.1 Å². The topological polar surface area (TPSA) is 87.6 Å². The number of rotatable bonds is 4. The lowest BCUT2D eigenvalue weighted by Gasteiger charge is -2.38. The molecule has 0 spiro atoms. The maximum Gasteiger partial charge on any atom is 0.226 e. The van der Waals surface area contributed by atoms with Crippen LogP contribution in [0.4, 0.5) is 0 Å². The molecule has 0 atom stereocenters. The third-order valence-corrected chi connectivity index (χ3v) is 6.17. The highest BCUT2D eigenvalue weighted by Crippen LogP contribution is 2.31. The summed E-state index contributed by atoms with van der Waals surface area (Å²) in [5.41, 5.74) is 1.46. The summed E-state index contributed by atoms with van der Waals surface area (Å²) in [4.78, 5) is 18.9. The minimum absolute atomic E-state index is 0.0268. The average Bonchev–Trinajstić information content (AvgIpc) is 2.62. The first-order valence-corrected chi connectivity index (χ1v) is 10.8. The number of amides is 1. The van der Waals surface area contributed by atoms with Crippen molar-refractivity contribution < 1.29 is 18.3 Å². The van der Waals surface area contributed by atoms with E-state index in [0.717, 1.165) is 17.4 Å². The van der Waals surface area contributed by atoms with Gasteiger partial charge in [-0.25, -0.2) is 8.42 Å². The Hall–Kier alpha value is -2.25. The molecule has 1 saturated heterocycles. The molecule has 27 heavy (non-hydrogen) atoms. The van der Waals surface area contributed by atoms with Gasteiger partial charge in [-0.15, -0.1) is 0 Å². The SMILES string of the molecule is Cc1ccc(C2(O)CCN(C(=O)Cc3ccc(S(C)(=O)=O)cc3)CC2)nc1. The number of hydrogen-bond acceptors (Lipinski definition) is 5. The number of hydrogen-bond donors (Lipinski definition) is 1. The van der Waals surface area contributed by atoms with Gasteiger partial charge in [-0.2, -0.15) is 0 Å². The molecule has 0 bridgehead atoms. The Bertz CT molecular complexity index is 913. The van der Waals surface area contributed by atoms with Crippen LogP contribution in [0.2, 0.25) is 0 Å². The van der Waals surface area contributed by atoms with Gasteiger partial charge >= 0.3 is 0 Å². The fourth-order valence-corrected chi connectivity index (χ4v) is 3.90. The van der Waals surface area contributed by atoms with Gasteiger partial charge in [0.15, 0.2) is 9.84 Å². The highest BCUT2D eigenvalue weighted by molar-refractivity contribution is 7.90. The standard InChI is InChI=1S/C20H24N2O4S/c1-15-3-8-18(21-14-15)20(24)9-11-22(12-10-20)19(23)13-16-4-6-17(7-5-16)27(2,25)26/h3-8,14,24H,9-13H2,1-2H3. The van der Waals surface area contributed by atoms with Gasteiger partial charge in [0, 0.05) is 25.5 Å². The van der Waals surface area contributed by atoms with Crippen LogP contribution >= 0.6 is 0 Å². The van der Waals surface area contributed by atoms with Gasteiger partial charge < -0.3 is 10.0 Å². The zero-order valence-electron chi connectivity index (χ0n) is 15.6. The first-order chi connectivity index (χ1) is 12.7. The van der Waals surface area contributed by atoms with E-state index in [9.17, 15) is 18.3 Å². The lowest BCUT2D eigenvalue weighted by atomic mass is 9.87. The van der Waals surface area contributed by atoms with Crippen LogP contribution in [0, 0.1) is 6.92 Å². The van der Waals surface area contributed by atoms with Gasteiger partial charge in [-0.1, -0.05) is 18.2 Å². The van der Waals surface area contributed by atoms with E-state index in [4.69, 9.17) is 0 Å². The second-order valence-corrected chi connectivity index (χ2v) is 9.24. The van der Waals surface area contributed by atoms with Crippen LogP contribution in [0.15, 0.2) is 47.5 Å². The maximum absolute atomic E-state index is 12.6. The Kier molecular flexibility index (Phi) is 5.35. The van der Waals surface area contributed by atoms with Gasteiger partial charge in [-0.3, -0.25) is 9.78 Å². The van der Waals surface area contributed by atoms with E-state index in [0.29, 0.717) is 31.6 Å². The van der Waals surface area contributed by atoms with Crippen molar-refractivity contribution in [2.24, 2.45) is 0 Å². The van der Waals surface area contributed by atoms with E-state index in [2.05, 4.69) is 4.98 Å². The third kappa shape index (κ3) is 4.54. The summed E-state index contributed by atoms with van der Waals surface area (Å²) in [5.74, 6) is -0.0268. The van der Waals surface area contributed by atoms with Crippen molar-refractivity contribution in [1.82, 2.24) is 9.88 Å². The Balaban J connectivity index is 1.60. The predicted octanol–water partition coefficient (Wildman–Crippen LogP) is 1.85. The Labute approximate surface area is 159 Å². The summed E-state index contributed by atoms with van der Waals surface area (Å²) in [5, 5.41) is 10.9. The smallest absolute Gasteiger partial charge is 0.226 e. The first kappa shape index (κ1) is 19.5. The number of nitrogens with zero attached hydrogens (tertiary/aromatic N) is 2. The fourth-order valence-electron chi connectivity index (χ4n) is 3.27. The molecular formula is C20H24N2O4S. The van der Waals surface area contributed by atoms with Crippen molar-refractivity contribution in [2.45, 2.75) is 36.7 Å². The zero-order chi connectivity index (χ0) is 19.7. The van der Waals surface area contributed by atoms with Gasteiger partial charge in [0.05, 0.1) is 17.0 Å². The number of sulfone groups is 1. The van der Waals surface area contributed by atoms with Crippen LogP contribution in [0.25, 0.3) is 0 Å². The molecule has 0 unspecified atom stereocenters. The quantitative estimate of drug-likeness (QED) is 0.864. The Morgan fingerprint density at radius 1 is 1.15 bits per heavy atom. The van der Waals surface area contributed by atoms with E-state index in [1.54, 1.807) is 23.2 Å². The molecule has 0 saturated carbocycles. The van der Waals surface area contributed by atoms with E-state index >= 15 is 0 Å². The lowest BCUT2D eigenvalue weighted by Crippen LogP contribution is -2.46. The second-order valence-electron chi connectivity index (χ2n) is 7.23. The van der Waals surface area contributed by atoms with Crippen molar-refractivity contribution in [1.29, 1.82) is 0 Å². The van der Waals surface area contributed by atoms with Gasteiger partial charge in [0.25, 0.3) is 0 Å². The third-order valence-electron chi connectivity index (χ3n) is 5.04. The Morgan fingerprint density at radius 3 is 2.30 bits per heavy atom. The van der Waals surface area contributed by atoms with E-state index in [1.807, 2.05) is 19.1 Å². The number of carbonyl (C=O) groups is 1. The molecule has 0 aliphatic carbocycles. The monoisotopic (exact) mass is 388 g/mol. The molecule has 1 fully saturated rings. The highest BCUT2D eigenvalue weighted by Gasteiger charge is 2.36. The van der Waals surface area contributed by atoms with Crippen molar-refractivity contribution >= 4 is 15.7 Å². The number of aliphatic hydroxyl groups is 1. The van der Waals surface area contributed by atoms with Gasteiger partial charge in [0.1, 0.15) is 5.60 Å². The van der Waals surface area contributed by atoms with Crippen LogP contribution in [-0.4, -0.2) is 48.7 Å². The minimum atomic E-state index is -3.24. The average molecular weight is 388 g/mol. The summed E-state index contributed by atoms with van der Waals surface area (Å²) >= 11 is 0. The summed E-state index contributed by atoms with van der Waals surface area (Å²) < 4.78 is 23.0. The van der Waals surface area contributed by atoms with Crippen LogP contribution in [-0.2, 0) is 26.7 Å². The molecule has 7 heteroatoms. The molecule has 1 aliphatic heterocycles. The maximum atomic E-state index is 12.6. The molecule has 0 radical (unpaired) electrons. The fraction of sp³-hybridized carbons (Fsp3) is 0.400. The summed E-state index contributed by atoms with van der Waals surface area (Å²) in [6.45, 7) is 2.88. The summed E-state index contributed by atoms with van der Waals surface area (Å²) in [6.07, 6.45) is 4.00. The number of carbonyl (C=O) groups excluding carboxylic acids is 1. The lowest BCUT2D eigenvalue weighted by molar-refractivity contribution is -0.135. The van der Waals surface area contributed by atoms with Gasteiger partial charge in [0.2, 0.25) is 5.91 Å². The van der Waals surface area contributed by atoms with E-state index in [-0.39, 0.29) is 17.2 Å². The van der Waals surface area contributed by atoms with Crippen molar-refractivity contribution in [2.75, 3.05) is 19.3 Å². The molecule has 1 amide bonds. The number of pyridine rings is 1. The first-order valence-electron chi connectivity index (χ1n) is 8.90. The molecule has 1 aromatic heterocycles. The Morgan fingerprint density at radius 2 is 1.78 bits per heavy atom. The molecule has 1 N–H and O–H groups in total. The number of aryl methyl sites for hydroxylation is 1. The van der Waals surface area contributed by atoms with E-state index < -0.39 is 15.4 Å². The molecule has 2 aromatic rings. The number of likely N-dealkylation sites (tertiary alicyclic amines) is 1. The summed E-state index contributed by atoms with van der Waals surface area (Å²) in [7, 11) is -3.24. The molecule has 6 nitrogen and oxygen atoms in total. The predicted molar refractivity (Wildman–Crippen MR) is 102 cm³/mol. The molecule has 144 valence electrons. The van der Waals surface area contributed by atoms with Crippen molar-refractivity contribution in [3.63, 3.8) is 0 Å². The summed E-state index contributed by atoms with van der Waals surface area (Å²) in [6, 6.07) is 10.2. The molecule has 1 aromatic carbocycles. The normalized spacial score (nSPS) is 16.9. The van der Waals surface area contributed by atoms with Crippen LogP contribution in [0.5, 0.6) is 0 Å². The number of benzene rings is 1. The highest BCUT2D eigenvalue weighted by atomic mass is 32.2. The van der Waals surface area contributed by atoms with Crippen LogP contribution in [0.1, 0.15) is 29.7 Å². The molecular weight excluding hydrogens is 364 g/mol. The number of piperidine rings is 1. The molecule has 1 aliphatic rings. The second kappa shape index (κ2) is 7.40. The molecule has 2 heterocycles. The molecule has 3 rings (SSSR count). The minimum Gasteiger partial charge on any atom is -0.383 e. The van der Waals surface area contributed by atoms with Crippen LogP contribution in [0.3, 0.4) is 0 Å². The van der Waals surface area contributed by atoms with Crippen LogP contribution < -0.4 is 0 Å². The van der Waals surface area contributed by atoms with Crippen molar-refractivity contribution in [3.8, 4) is 0 Å².